The summed E-state index contributed by atoms with van der Waals surface area (Å²) in [7, 11) is 0. The molecule has 108 valence electrons. The summed E-state index contributed by atoms with van der Waals surface area (Å²) < 4.78 is 0. The van der Waals surface area contributed by atoms with Crippen molar-refractivity contribution in [3.05, 3.63) is 29.3 Å². The number of carbonyl (C=O) groups excluding carboxylic acids is 1. The fraction of sp³-hybridized carbons (Fsp3) is 0.467. The smallest absolute Gasteiger partial charge is 0.335 e. The van der Waals surface area contributed by atoms with E-state index in [-0.39, 0.29) is 11.6 Å². The van der Waals surface area contributed by atoms with Crippen molar-refractivity contribution in [1.82, 2.24) is 4.90 Å². The number of carboxylic acids is 1. The highest BCUT2D eigenvalue weighted by molar-refractivity contribution is 5.92. The lowest BCUT2D eigenvalue weighted by Gasteiger charge is -2.17. The SMILES string of the molecule is Cc1cc(NC(=O)N2CC(C)C(C)C2)ccc1C(=O)O. The molecule has 1 saturated heterocycles. The van der Waals surface area contributed by atoms with Crippen LogP contribution < -0.4 is 5.32 Å². The third-order valence-corrected chi connectivity index (χ3v) is 3.98. The summed E-state index contributed by atoms with van der Waals surface area (Å²) in [6, 6.07) is 4.70. The zero-order chi connectivity index (χ0) is 14.9. The first-order chi connectivity index (χ1) is 9.38. The minimum Gasteiger partial charge on any atom is -0.478 e. The van der Waals surface area contributed by atoms with Crippen molar-refractivity contribution in [3.8, 4) is 0 Å². The van der Waals surface area contributed by atoms with Gasteiger partial charge in [0.2, 0.25) is 0 Å². The molecule has 20 heavy (non-hydrogen) atoms. The van der Waals surface area contributed by atoms with E-state index in [9.17, 15) is 9.59 Å². The number of rotatable bonds is 2. The average molecular weight is 276 g/mol. The van der Waals surface area contributed by atoms with Crippen LogP contribution in [0.1, 0.15) is 29.8 Å². The number of hydrogen-bond donors (Lipinski definition) is 2. The van der Waals surface area contributed by atoms with Gasteiger partial charge in [-0.3, -0.25) is 0 Å². The van der Waals surface area contributed by atoms with E-state index >= 15 is 0 Å². The summed E-state index contributed by atoms with van der Waals surface area (Å²) in [5.74, 6) is 0.0660. The topological polar surface area (TPSA) is 69.6 Å². The Kier molecular flexibility index (Phi) is 3.97. The van der Waals surface area contributed by atoms with Crippen LogP contribution in [0.3, 0.4) is 0 Å². The predicted octanol–water partition coefficient (Wildman–Crippen LogP) is 2.81. The standard InChI is InChI=1S/C15H20N2O3/c1-9-6-12(4-5-13(9)14(18)19)16-15(20)17-7-10(2)11(3)8-17/h4-6,10-11H,7-8H2,1-3H3,(H,16,20)(H,18,19). The first kappa shape index (κ1) is 14.4. The Labute approximate surface area is 118 Å². The molecule has 0 saturated carbocycles. The van der Waals surface area contributed by atoms with E-state index in [4.69, 9.17) is 5.11 Å². The van der Waals surface area contributed by atoms with Gasteiger partial charge in [0, 0.05) is 18.8 Å². The summed E-state index contributed by atoms with van der Waals surface area (Å²) in [6.07, 6.45) is 0. The Bertz CT molecular complexity index is 532. The van der Waals surface area contributed by atoms with Gasteiger partial charge >= 0.3 is 12.0 Å². The van der Waals surface area contributed by atoms with E-state index in [0.717, 1.165) is 13.1 Å². The molecule has 2 rings (SSSR count). The molecule has 2 unspecified atom stereocenters. The predicted molar refractivity (Wildman–Crippen MR) is 77.1 cm³/mol. The van der Waals surface area contributed by atoms with Gasteiger partial charge in [0.15, 0.2) is 0 Å². The van der Waals surface area contributed by atoms with Gasteiger partial charge in [-0.2, -0.15) is 0 Å². The molecule has 1 heterocycles. The molecule has 0 bridgehead atoms. The zero-order valence-electron chi connectivity index (χ0n) is 12.0. The summed E-state index contributed by atoms with van der Waals surface area (Å²) in [6.45, 7) is 7.53. The van der Waals surface area contributed by atoms with Crippen LogP contribution in [0, 0.1) is 18.8 Å². The molecule has 1 fully saturated rings. The van der Waals surface area contributed by atoms with Gasteiger partial charge in [-0.1, -0.05) is 13.8 Å². The van der Waals surface area contributed by atoms with Gasteiger partial charge in [-0.25, -0.2) is 9.59 Å². The molecule has 0 aromatic heterocycles. The van der Waals surface area contributed by atoms with Gasteiger partial charge in [0.1, 0.15) is 0 Å². The van der Waals surface area contributed by atoms with E-state index in [2.05, 4.69) is 19.2 Å². The third-order valence-electron chi connectivity index (χ3n) is 3.98. The Morgan fingerprint density at radius 1 is 1.25 bits per heavy atom. The molecular weight excluding hydrogens is 256 g/mol. The Morgan fingerprint density at radius 3 is 2.35 bits per heavy atom. The van der Waals surface area contributed by atoms with Crippen molar-refractivity contribution in [2.75, 3.05) is 18.4 Å². The second-order valence-corrected chi connectivity index (χ2v) is 5.62. The van der Waals surface area contributed by atoms with Gasteiger partial charge in [-0.15, -0.1) is 0 Å². The number of anilines is 1. The number of amides is 2. The molecule has 0 aliphatic carbocycles. The van der Waals surface area contributed by atoms with Crippen LogP contribution in [0.25, 0.3) is 0 Å². The molecule has 0 radical (unpaired) electrons. The summed E-state index contributed by atoms with van der Waals surface area (Å²) >= 11 is 0. The first-order valence-corrected chi connectivity index (χ1v) is 6.78. The number of nitrogens with zero attached hydrogens (tertiary/aromatic N) is 1. The monoisotopic (exact) mass is 276 g/mol. The number of nitrogens with one attached hydrogen (secondary N) is 1. The summed E-state index contributed by atoms with van der Waals surface area (Å²) in [5.41, 5.74) is 1.52. The number of aromatic carboxylic acids is 1. The lowest BCUT2D eigenvalue weighted by atomic mass is 10.0. The molecule has 0 spiro atoms. The van der Waals surface area contributed by atoms with Crippen LogP contribution >= 0.6 is 0 Å². The van der Waals surface area contributed by atoms with Gasteiger partial charge in [0.25, 0.3) is 0 Å². The quantitative estimate of drug-likeness (QED) is 0.872. The number of aryl methyl sites for hydroxylation is 1. The minimum absolute atomic E-state index is 0.122. The van der Waals surface area contributed by atoms with E-state index in [1.807, 2.05) is 0 Å². The molecule has 5 nitrogen and oxygen atoms in total. The summed E-state index contributed by atoms with van der Waals surface area (Å²) in [5, 5.41) is 11.8. The summed E-state index contributed by atoms with van der Waals surface area (Å²) in [4.78, 5) is 24.9. The first-order valence-electron chi connectivity index (χ1n) is 6.78. The zero-order valence-corrected chi connectivity index (χ0v) is 12.0. The maximum Gasteiger partial charge on any atom is 0.335 e. The van der Waals surface area contributed by atoms with Crippen LogP contribution in [-0.4, -0.2) is 35.1 Å². The molecule has 1 aromatic rings. The van der Waals surface area contributed by atoms with Crippen LogP contribution in [-0.2, 0) is 0 Å². The van der Waals surface area contributed by atoms with Gasteiger partial charge in [0.05, 0.1) is 5.56 Å². The Morgan fingerprint density at radius 2 is 1.85 bits per heavy atom. The molecule has 2 atom stereocenters. The molecule has 2 N–H and O–H groups in total. The van der Waals surface area contributed by atoms with Crippen molar-refractivity contribution in [2.24, 2.45) is 11.8 Å². The molecular formula is C15H20N2O3. The van der Waals surface area contributed by atoms with Gasteiger partial charge in [-0.05, 0) is 42.5 Å². The number of likely N-dealkylation sites (tertiary alicyclic amines) is 1. The number of hydrogen-bond acceptors (Lipinski definition) is 2. The van der Waals surface area contributed by atoms with Crippen LogP contribution in [0.15, 0.2) is 18.2 Å². The van der Waals surface area contributed by atoms with Crippen LogP contribution in [0.4, 0.5) is 10.5 Å². The van der Waals surface area contributed by atoms with Crippen molar-refractivity contribution < 1.29 is 14.7 Å². The van der Waals surface area contributed by atoms with Crippen molar-refractivity contribution in [3.63, 3.8) is 0 Å². The Balaban J connectivity index is 2.05. The largest absolute Gasteiger partial charge is 0.478 e. The molecule has 1 aliphatic rings. The lowest BCUT2D eigenvalue weighted by Crippen LogP contribution is -2.33. The number of benzene rings is 1. The van der Waals surface area contributed by atoms with E-state index in [1.54, 1.807) is 24.0 Å². The molecule has 2 amide bonds. The van der Waals surface area contributed by atoms with Gasteiger partial charge < -0.3 is 15.3 Å². The maximum atomic E-state index is 12.1. The van der Waals surface area contributed by atoms with Crippen molar-refractivity contribution in [1.29, 1.82) is 0 Å². The van der Waals surface area contributed by atoms with E-state index in [0.29, 0.717) is 23.1 Å². The molecule has 5 heteroatoms. The van der Waals surface area contributed by atoms with Crippen LogP contribution in [0.5, 0.6) is 0 Å². The molecule has 1 aliphatic heterocycles. The second kappa shape index (κ2) is 5.53. The number of carboxylic acid groups (broad SMARTS) is 1. The highest BCUT2D eigenvalue weighted by atomic mass is 16.4. The van der Waals surface area contributed by atoms with E-state index < -0.39 is 5.97 Å². The highest BCUT2D eigenvalue weighted by Gasteiger charge is 2.29. The van der Waals surface area contributed by atoms with Crippen molar-refractivity contribution in [2.45, 2.75) is 20.8 Å². The fourth-order valence-electron chi connectivity index (χ4n) is 2.48. The average Bonchev–Trinajstić information content (AvgIpc) is 2.69. The fourth-order valence-corrected chi connectivity index (χ4v) is 2.48. The third kappa shape index (κ3) is 2.92. The molecule has 1 aromatic carbocycles. The second-order valence-electron chi connectivity index (χ2n) is 5.62. The number of urea groups is 1. The highest BCUT2D eigenvalue weighted by Crippen LogP contribution is 2.23. The maximum absolute atomic E-state index is 12.1. The van der Waals surface area contributed by atoms with E-state index in [1.165, 1.54) is 6.07 Å². The number of carbonyl (C=O) groups is 2. The van der Waals surface area contributed by atoms with Crippen molar-refractivity contribution >= 4 is 17.7 Å². The minimum atomic E-state index is -0.956. The van der Waals surface area contributed by atoms with Crippen LogP contribution in [0.2, 0.25) is 0 Å². The lowest BCUT2D eigenvalue weighted by molar-refractivity contribution is 0.0696. The Hall–Kier alpha value is -2.04. The normalized spacial score (nSPS) is 21.9.